The SMILES string of the molecule is CC(O)=[OH+].Cn1[cH+]n(-c2[c-]cc(-c3ccc4c(c3)C(C)(C)c3ccccc3C4(C)C)c3ccccc23)c2ccccc21.[Ir]. The molecule has 1 aliphatic rings. The summed E-state index contributed by atoms with van der Waals surface area (Å²) in [6.07, 6.45) is 2.16. The Hall–Kier alpha value is -4.05. The Balaban J connectivity index is 0.000000695. The average Bonchev–Trinajstić information content (AvgIpc) is 3.31. The molecule has 0 fully saturated rings. The molecule has 0 saturated heterocycles. The number of hydrogen-bond acceptors (Lipinski definition) is 0. The van der Waals surface area contributed by atoms with Gasteiger partial charge < -0.3 is 9.90 Å². The van der Waals surface area contributed by atoms with E-state index in [0.29, 0.717) is 0 Å². The third-order valence-corrected chi connectivity index (χ3v) is 8.83. The molecular formula is C38H37IrN2O2+. The number of carboxylic acid groups (broad SMARTS) is 1. The number of benzene rings is 5. The second-order valence-electron chi connectivity index (χ2n) is 12.3. The van der Waals surface area contributed by atoms with Crippen LogP contribution in [0.25, 0.3) is 38.6 Å². The summed E-state index contributed by atoms with van der Waals surface area (Å²) in [7, 11) is 2.10. The molecule has 4 nitrogen and oxygen atoms in total. The molecule has 0 amide bonds. The van der Waals surface area contributed by atoms with Crippen LogP contribution < -0.4 is 0 Å². The fraction of sp³-hybridized carbons (Fsp3) is 0.211. The summed E-state index contributed by atoms with van der Waals surface area (Å²) in [4.78, 5) is 7.53. The van der Waals surface area contributed by atoms with Crippen molar-refractivity contribution in [1.82, 2.24) is 9.13 Å². The molecule has 0 unspecified atom stereocenters. The van der Waals surface area contributed by atoms with E-state index in [-0.39, 0.29) is 30.9 Å². The Labute approximate surface area is 267 Å². The Bertz CT molecular complexity index is 2000. The molecule has 1 radical (unpaired) electrons. The molecular weight excluding hydrogens is 709 g/mol. The second kappa shape index (κ2) is 11.2. The van der Waals surface area contributed by atoms with Gasteiger partial charge in [-0.15, -0.1) is 17.0 Å². The van der Waals surface area contributed by atoms with Crippen molar-refractivity contribution in [3.05, 3.63) is 132 Å². The van der Waals surface area contributed by atoms with Crippen molar-refractivity contribution in [2.24, 2.45) is 7.05 Å². The fourth-order valence-corrected chi connectivity index (χ4v) is 6.74. The van der Waals surface area contributed by atoms with Crippen LogP contribution in [0.1, 0.15) is 56.9 Å². The Morgan fingerprint density at radius 2 is 1.26 bits per heavy atom. The van der Waals surface area contributed by atoms with Crippen molar-refractivity contribution in [3.8, 4) is 16.8 Å². The van der Waals surface area contributed by atoms with Crippen LogP contribution in [0.4, 0.5) is 0 Å². The third kappa shape index (κ3) is 5.01. The number of nitrogens with zero attached hydrogens (tertiary/aromatic N) is 2. The van der Waals surface area contributed by atoms with Gasteiger partial charge in [-0.2, -0.15) is 10.6 Å². The van der Waals surface area contributed by atoms with Gasteiger partial charge in [0.2, 0.25) is 0 Å². The molecule has 0 bridgehead atoms. The van der Waals surface area contributed by atoms with Gasteiger partial charge >= 0.3 is 5.97 Å². The third-order valence-electron chi connectivity index (χ3n) is 8.83. The van der Waals surface area contributed by atoms with Crippen LogP contribution in [0.15, 0.2) is 103 Å². The molecule has 6 aromatic rings. The van der Waals surface area contributed by atoms with Gasteiger partial charge in [-0.3, -0.25) is 0 Å². The molecule has 43 heavy (non-hydrogen) atoms. The van der Waals surface area contributed by atoms with Gasteiger partial charge in [-0.1, -0.05) is 105 Å². The quantitative estimate of drug-likeness (QED) is 0.140. The fourth-order valence-electron chi connectivity index (χ4n) is 6.74. The molecule has 1 heterocycles. The summed E-state index contributed by atoms with van der Waals surface area (Å²) >= 11 is 0. The molecule has 5 heteroatoms. The van der Waals surface area contributed by atoms with Gasteiger partial charge in [-0.25, -0.2) is 4.57 Å². The molecule has 2 N–H and O–H groups in total. The standard InChI is InChI=1S/C36H32N2.C2H4O2.Ir/c1-35(2)28-14-8-9-15-29(28)36(3,4)31-22-24(18-20-30(31)35)25-19-21-32(27-13-7-6-12-26(25)27)38-23-37(5)33-16-10-11-17-34(33)38;1-2(3)4;/h6-20,22-23H,1-5H3;1H3,(H,3,4);/p+1. The average molecular weight is 746 g/mol. The van der Waals surface area contributed by atoms with E-state index in [4.69, 9.17) is 9.90 Å². The number of aliphatic carboxylic acids is 1. The number of aryl methyl sites for hydroxylation is 1. The number of carboxylic acids is 1. The molecule has 0 spiro atoms. The minimum atomic E-state index is -0.583. The van der Waals surface area contributed by atoms with Crippen molar-refractivity contribution < 1.29 is 30.0 Å². The smallest absolute Gasteiger partial charge is 0.339 e. The van der Waals surface area contributed by atoms with Crippen LogP contribution in [0.3, 0.4) is 0 Å². The summed E-state index contributed by atoms with van der Waals surface area (Å²) < 4.78 is 4.44. The van der Waals surface area contributed by atoms with E-state index in [9.17, 15) is 0 Å². The van der Waals surface area contributed by atoms with Gasteiger partial charge in [-0.05, 0) is 34.4 Å². The van der Waals surface area contributed by atoms with E-state index < -0.39 is 5.97 Å². The van der Waals surface area contributed by atoms with Crippen LogP contribution in [0.5, 0.6) is 0 Å². The van der Waals surface area contributed by atoms with E-state index in [1.165, 1.54) is 62.1 Å². The zero-order valence-electron chi connectivity index (χ0n) is 25.4. The predicted octanol–water partition coefficient (Wildman–Crippen LogP) is 8.90. The second-order valence-corrected chi connectivity index (χ2v) is 12.3. The van der Waals surface area contributed by atoms with Crippen LogP contribution in [-0.4, -0.2) is 25.0 Å². The maximum absolute atomic E-state index is 7.53. The first-order chi connectivity index (χ1) is 20.0. The summed E-state index contributed by atoms with van der Waals surface area (Å²) in [5.41, 5.74) is 11.5. The minimum Gasteiger partial charge on any atom is -0.339 e. The van der Waals surface area contributed by atoms with E-state index in [1.54, 1.807) is 0 Å². The predicted molar refractivity (Wildman–Crippen MR) is 174 cm³/mol. The normalized spacial score (nSPS) is 14.2. The molecule has 5 aromatic carbocycles. The van der Waals surface area contributed by atoms with Crippen LogP contribution in [-0.2, 0) is 38.0 Å². The molecule has 219 valence electrons. The van der Waals surface area contributed by atoms with E-state index >= 15 is 0 Å². The van der Waals surface area contributed by atoms with Crippen molar-refractivity contribution in [2.75, 3.05) is 0 Å². The van der Waals surface area contributed by atoms with Crippen molar-refractivity contribution >= 4 is 27.8 Å². The summed E-state index contributed by atoms with van der Waals surface area (Å²) in [6.45, 7) is 10.7. The number of imidazole rings is 1. The molecule has 0 aliphatic heterocycles. The van der Waals surface area contributed by atoms with E-state index in [0.717, 1.165) is 5.69 Å². The Morgan fingerprint density at radius 3 is 1.91 bits per heavy atom. The Kier molecular flexibility index (Phi) is 7.94. The number of hydrogen-bond donors (Lipinski definition) is 1. The first kappa shape index (κ1) is 30.4. The zero-order chi connectivity index (χ0) is 29.8. The van der Waals surface area contributed by atoms with Crippen molar-refractivity contribution in [1.29, 1.82) is 0 Å². The molecule has 0 atom stereocenters. The van der Waals surface area contributed by atoms with Gasteiger partial charge in [0, 0.05) is 55.8 Å². The molecule has 0 saturated carbocycles. The summed E-state index contributed by atoms with van der Waals surface area (Å²) in [5, 5.41) is 9.98. The number of fused-ring (bicyclic) bond motifs is 4. The van der Waals surface area contributed by atoms with Crippen LogP contribution in [0, 0.1) is 6.07 Å². The first-order valence-electron chi connectivity index (χ1n) is 14.4. The van der Waals surface area contributed by atoms with E-state index in [2.05, 4.69) is 153 Å². The topological polar surface area (TPSA) is 51.5 Å². The summed E-state index contributed by atoms with van der Waals surface area (Å²) in [5.74, 6) is -0.583. The van der Waals surface area contributed by atoms with Gasteiger partial charge in [0.15, 0.2) is 17.4 Å². The van der Waals surface area contributed by atoms with E-state index in [1.807, 2.05) is 0 Å². The maximum Gasteiger partial charge on any atom is 0.477 e. The molecule has 1 aromatic heterocycles. The van der Waals surface area contributed by atoms with Crippen molar-refractivity contribution in [2.45, 2.75) is 45.4 Å². The number of aromatic nitrogens is 2. The summed E-state index contributed by atoms with van der Waals surface area (Å²) in [6, 6.07) is 39.2. The first-order valence-corrected chi connectivity index (χ1v) is 14.4. The van der Waals surface area contributed by atoms with Gasteiger partial charge in [0.05, 0.1) is 6.92 Å². The maximum atomic E-state index is 7.53. The largest absolute Gasteiger partial charge is 0.477 e. The number of para-hydroxylation sites is 2. The molecule has 7 rings (SSSR count). The van der Waals surface area contributed by atoms with Gasteiger partial charge in [0.25, 0.3) is 0 Å². The molecule has 1 aliphatic carbocycles. The van der Waals surface area contributed by atoms with Crippen LogP contribution >= 0.6 is 0 Å². The zero-order valence-corrected chi connectivity index (χ0v) is 27.8. The number of aliphatic hydroxyl groups excluding tert-OH is 1. The number of rotatable bonds is 2. The van der Waals surface area contributed by atoms with Crippen LogP contribution in [0.2, 0.25) is 0 Å². The monoisotopic (exact) mass is 746 g/mol. The minimum absolute atomic E-state index is 0. The van der Waals surface area contributed by atoms with Crippen molar-refractivity contribution in [3.63, 3.8) is 0 Å². The van der Waals surface area contributed by atoms with Gasteiger partial charge in [0.1, 0.15) is 0 Å². The Morgan fingerprint density at radius 1 is 0.744 bits per heavy atom.